The van der Waals surface area contributed by atoms with E-state index in [9.17, 15) is 18.4 Å². The number of nitrogens with zero attached hydrogens (tertiary/aromatic N) is 6. The normalized spacial score (nSPS) is 18.8. The SMILES string of the molecule is O=C(Cl)c1ccnc(N2CCN(C(=O)N3N=CC[C@H]3c3cc(F)cc(F)c3)CC2)n1. The highest BCUT2D eigenvalue weighted by molar-refractivity contribution is 6.67. The van der Waals surface area contributed by atoms with Gasteiger partial charge in [0, 0.05) is 51.1 Å². The number of hydrogen-bond donors (Lipinski definition) is 0. The third kappa shape index (κ3) is 4.09. The zero-order valence-corrected chi connectivity index (χ0v) is 16.5. The number of halogens is 3. The fraction of sp³-hybridized carbons (Fsp3) is 0.316. The second kappa shape index (κ2) is 8.31. The van der Waals surface area contributed by atoms with Crippen LogP contribution in [-0.4, -0.2) is 63.5 Å². The second-order valence-corrected chi connectivity index (χ2v) is 7.21. The Hall–Kier alpha value is -3.14. The molecule has 0 bridgehead atoms. The number of urea groups is 1. The topological polar surface area (TPSA) is 82.0 Å². The van der Waals surface area contributed by atoms with Crippen LogP contribution in [0.25, 0.3) is 0 Å². The summed E-state index contributed by atoms with van der Waals surface area (Å²) in [5, 5.41) is 4.71. The smallest absolute Gasteiger partial charge is 0.337 e. The second-order valence-electron chi connectivity index (χ2n) is 6.87. The third-order valence-electron chi connectivity index (χ3n) is 4.97. The van der Waals surface area contributed by atoms with Gasteiger partial charge in [-0.2, -0.15) is 5.10 Å². The molecule has 4 rings (SSSR count). The van der Waals surface area contributed by atoms with E-state index >= 15 is 0 Å². The fourth-order valence-corrected chi connectivity index (χ4v) is 3.60. The highest BCUT2D eigenvalue weighted by Crippen LogP contribution is 2.30. The maximum absolute atomic E-state index is 13.6. The predicted octanol–water partition coefficient (Wildman–Crippen LogP) is 2.81. The maximum Gasteiger partial charge on any atom is 0.341 e. The van der Waals surface area contributed by atoms with Crippen LogP contribution in [-0.2, 0) is 0 Å². The predicted molar refractivity (Wildman–Crippen MR) is 105 cm³/mol. The Morgan fingerprint density at radius 3 is 2.43 bits per heavy atom. The van der Waals surface area contributed by atoms with E-state index in [4.69, 9.17) is 11.6 Å². The minimum atomic E-state index is -0.699. The Morgan fingerprint density at radius 1 is 1.07 bits per heavy atom. The van der Waals surface area contributed by atoms with Crippen molar-refractivity contribution in [3.05, 3.63) is 53.4 Å². The van der Waals surface area contributed by atoms with E-state index in [-0.39, 0.29) is 11.7 Å². The highest BCUT2D eigenvalue weighted by Gasteiger charge is 2.33. The minimum Gasteiger partial charge on any atom is -0.337 e. The number of aromatic nitrogens is 2. The molecule has 8 nitrogen and oxygen atoms in total. The molecule has 2 aliphatic rings. The Kier molecular flexibility index (Phi) is 5.58. The molecule has 0 saturated carbocycles. The van der Waals surface area contributed by atoms with Gasteiger partial charge in [-0.3, -0.25) is 4.79 Å². The van der Waals surface area contributed by atoms with Crippen molar-refractivity contribution in [2.24, 2.45) is 5.10 Å². The average Bonchev–Trinajstić information content (AvgIpc) is 3.23. The molecule has 0 spiro atoms. The summed E-state index contributed by atoms with van der Waals surface area (Å²) >= 11 is 5.47. The van der Waals surface area contributed by atoms with E-state index in [1.165, 1.54) is 29.4 Å². The minimum absolute atomic E-state index is 0.108. The first kappa shape index (κ1) is 20.1. The van der Waals surface area contributed by atoms with Gasteiger partial charge in [-0.15, -0.1) is 0 Å². The number of hydrazone groups is 1. The number of piperazine rings is 1. The lowest BCUT2D eigenvalue weighted by Crippen LogP contribution is -2.52. The van der Waals surface area contributed by atoms with Crippen LogP contribution in [0.4, 0.5) is 19.5 Å². The molecule has 0 unspecified atom stereocenters. The molecule has 2 amide bonds. The van der Waals surface area contributed by atoms with Gasteiger partial charge in [-0.1, -0.05) is 0 Å². The number of hydrogen-bond acceptors (Lipinski definition) is 6. The molecule has 1 aromatic heterocycles. The standard InChI is InChI=1S/C19H17ClF2N6O2/c20-17(29)15-1-3-23-18(25-15)26-5-7-27(8-6-26)19(30)28-16(2-4-24-28)12-9-13(21)11-14(22)10-12/h1,3-4,9-11,16H,2,5-8H2/t16-/m0/s1. The number of carbonyl (C=O) groups excluding carboxylic acids is 2. The molecule has 1 aromatic carbocycles. The van der Waals surface area contributed by atoms with Gasteiger partial charge in [0.1, 0.15) is 17.3 Å². The molecule has 156 valence electrons. The van der Waals surface area contributed by atoms with Crippen molar-refractivity contribution in [2.45, 2.75) is 12.5 Å². The van der Waals surface area contributed by atoms with E-state index in [0.717, 1.165) is 6.07 Å². The van der Waals surface area contributed by atoms with Crippen LogP contribution in [0.15, 0.2) is 35.6 Å². The molecule has 0 radical (unpaired) electrons. The van der Waals surface area contributed by atoms with Gasteiger partial charge in [0.15, 0.2) is 0 Å². The molecule has 2 aliphatic heterocycles. The van der Waals surface area contributed by atoms with Gasteiger partial charge in [0.05, 0.1) is 6.04 Å². The zero-order valence-electron chi connectivity index (χ0n) is 15.7. The van der Waals surface area contributed by atoms with Gasteiger partial charge >= 0.3 is 6.03 Å². The quantitative estimate of drug-likeness (QED) is 0.694. The Labute approximate surface area is 175 Å². The van der Waals surface area contributed by atoms with Crippen LogP contribution < -0.4 is 4.90 Å². The van der Waals surface area contributed by atoms with Crippen LogP contribution in [0.1, 0.15) is 28.5 Å². The summed E-state index contributed by atoms with van der Waals surface area (Å²) in [6, 6.07) is 3.74. The van der Waals surface area contributed by atoms with E-state index < -0.39 is 22.9 Å². The van der Waals surface area contributed by atoms with Gasteiger partial charge in [0.25, 0.3) is 5.24 Å². The van der Waals surface area contributed by atoms with Crippen LogP contribution >= 0.6 is 11.6 Å². The molecule has 1 fully saturated rings. The summed E-state index contributed by atoms with van der Waals surface area (Å²) < 4.78 is 27.2. The van der Waals surface area contributed by atoms with Crippen molar-refractivity contribution in [1.82, 2.24) is 19.9 Å². The number of rotatable bonds is 3. The lowest BCUT2D eigenvalue weighted by molar-refractivity contribution is 0.107. The first-order valence-electron chi connectivity index (χ1n) is 9.27. The summed E-state index contributed by atoms with van der Waals surface area (Å²) in [5.41, 5.74) is 0.463. The van der Waals surface area contributed by atoms with E-state index in [2.05, 4.69) is 15.1 Å². The largest absolute Gasteiger partial charge is 0.341 e. The van der Waals surface area contributed by atoms with Gasteiger partial charge in [-0.25, -0.2) is 28.6 Å². The Morgan fingerprint density at radius 2 is 1.77 bits per heavy atom. The van der Waals surface area contributed by atoms with Crippen molar-refractivity contribution < 1.29 is 18.4 Å². The zero-order chi connectivity index (χ0) is 21.3. The lowest BCUT2D eigenvalue weighted by Gasteiger charge is -2.37. The molecule has 2 aromatic rings. The van der Waals surface area contributed by atoms with Crippen molar-refractivity contribution in [2.75, 3.05) is 31.1 Å². The fourth-order valence-electron chi connectivity index (χ4n) is 3.50. The first-order valence-corrected chi connectivity index (χ1v) is 9.64. The molecule has 30 heavy (non-hydrogen) atoms. The first-order chi connectivity index (χ1) is 14.4. The molecule has 0 aliphatic carbocycles. The van der Waals surface area contributed by atoms with Crippen LogP contribution in [0.5, 0.6) is 0 Å². The third-order valence-corrected chi connectivity index (χ3v) is 5.17. The average molecular weight is 435 g/mol. The van der Waals surface area contributed by atoms with Crippen molar-refractivity contribution >= 4 is 35.0 Å². The highest BCUT2D eigenvalue weighted by atomic mass is 35.5. The molecular formula is C19H17ClF2N6O2. The van der Waals surface area contributed by atoms with Gasteiger partial charge < -0.3 is 9.80 Å². The van der Waals surface area contributed by atoms with Crippen molar-refractivity contribution in [1.29, 1.82) is 0 Å². The summed E-state index contributed by atoms with van der Waals surface area (Å²) in [6.07, 6.45) is 3.39. The van der Waals surface area contributed by atoms with Crippen LogP contribution in [0.3, 0.4) is 0 Å². The van der Waals surface area contributed by atoms with Gasteiger partial charge in [0.2, 0.25) is 5.95 Å². The number of benzene rings is 1. The molecular weight excluding hydrogens is 418 g/mol. The van der Waals surface area contributed by atoms with E-state index in [0.29, 0.717) is 44.1 Å². The Balaban J connectivity index is 1.43. The Bertz CT molecular complexity index is 992. The summed E-state index contributed by atoms with van der Waals surface area (Å²) in [7, 11) is 0. The summed E-state index contributed by atoms with van der Waals surface area (Å²) in [6.45, 7) is 1.64. The van der Waals surface area contributed by atoms with Crippen molar-refractivity contribution in [3.63, 3.8) is 0 Å². The number of amides is 2. The monoisotopic (exact) mass is 434 g/mol. The number of carbonyl (C=O) groups is 2. The molecule has 3 heterocycles. The maximum atomic E-state index is 13.6. The lowest BCUT2D eigenvalue weighted by atomic mass is 10.0. The van der Waals surface area contributed by atoms with E-state index in [1.807, 2.05) is 4.90 Å². The van der Waals surface area contributed by atoms with Crippen LogP contribution in [0, 0.1) is 11.6 Å². The number of anilines is 1. The summed E-state index contributed by atoms with van der Waals surface area (Å²) in [5.74, 6) is -1.04. The molecule has 11 heteroatoms. The molecule has 1 atom stereocenters. The van der Waals surface area contributed by atoms with Crippen LogP contribution in [0.2, 0.25) is 0 Å². The van der Waals surface area contributed by atoms with Gasteiger partial charge in [-0.05, 0) is 35.4 Å². The van der Waals surface area contributed by atoms with Crippen molar-refractivity contribution in [3.8, 4) is 0 Å². The molecule has 0 N–H and O–H groups in total. The molecule has 1 saturated heterocycles. The van der Waals surface area contributed by atoms with E-state index in [1.54, 1.807) is 11.1 Å². The summed E-state index contributed by atoms with van der Waals surface area (Å²) in [4.78, 5) is 36.0.